The molecular formula is C52H103O12P. The highest BCUT2D eigenvalue weighted by molar-refractivity contribution is 7.47. The number of esters is 1. The minimum absolute atomic E-state index is 0.0672. The number of rotatable bonds is 48. The third-order valence-corrected chi connectivity index (χ3v) is 14.2. The zero-order chi connectivity index (χ0) is 47.6. The normalized spacial score (nSPS) is 21.4. The van der Waals surface area contributed by atoms with E-state index in [1.807, 2.05) is 0 Å². The van der Waals surface area contributed by atoms with E-state index in [-0.39, 0.29) is 13.0 Å². The van der Waals surface area contributed by atoms with Gasteiger partial charge in [0.15, 0.2) is 0 Å². The summed E-state index contributed by atoms with van der Waals surface area (Å²) in [5.74, 6) is -0.468. The average Bonchev–Trinajstić information content (AvgIpc) is 3.29. The van der Waals surface area contributed by atoms with Gasteiger partial charge in [-0.05, 0) is 12.8 Å². The molecule has 0 amide bonds. The van der Waals surface area contributed by atoms with Gasteiger partial charge in [0.2, 0.25) is 0 Å². The number of ether oxygens (including phenoxy) is 2. The summed E-state index contributed by atoms with van der Waals surface area (Å²) >= 11 is 0. The van der Waals surface area contributed by atoms with E-state index in [4.69, 9.17) is 18.5 Å². The van der Waals surface area contributed by atoms with Crippen molar-refractivity contribution < 1.29 is 58.3 Å². The van der Waals surface area contributed by atoms with Gasteiger partial charge in [-0.3, -0.25) is 13.8 Å². The fraction of sp³-hybridized carbons (Fsp3) is 0.981. The maximum Gasteiger partial charge on any atom is 0.472 e. The summed E-state index contributed by atoms with van der Waals surface area (Å²) in [7, 11) is -5.02. The molecular weight excluding hydrogens is 848 g/mol. The van der Waals surface area contributed by atoms with E-state index in [1.165, 1.54) is 199 Å². The molecule has 0 heterocycles. The SMILES string of the molecule is CCCCCCCCCCCCCCCCCCCCCCC(=O)OC(COCCCCCCCCCCCCCCCCCCCC)COP(=O)(O)OC1C(O)C(O)C(O)C(O)C1O. The Bertz CT molecular complexity index is 1080. The number of hydrogen-bond donors (Lipinski definition) is 6. The summed E-state index contributed by atoms with van der Waals surface area (Å²) in [4.78, 5) is 23.3. The van der Waals surface area contributed by atoms with Gasteiger partial charge in [0.25, 0.3) is 0 Å². The van der Waals surface area contributed by atoms with Crippen molar-refractivity contribution in [2.75, 3.05) is 19.8 Å². The molecule has 0 saturated heterocycles. The lowest BCUT2D eigenvalue weighted by molar-refractivity contribution is -0.220. The van der Waals surface area contributed by atoms with E-state index >= 15 is 0 Å². The molecule has 12 nitrogen and oxygen atoms in total. The van der Waals surface area contributed by atoms with Crippen LogP contribution in [0.25, 0.3) is 0 Å². The Kier molecular flexibility index (Phi) is 41.6. The van der Waals surface area contributed by atoms with Gasteiger partial charge in [0.1, 0.15) is 42.7 Å². The molecule has 1 aliphatic carbocycles. The first kappa shape index (κ1) is 62.4. The van der Waals surface area contributed by atoms with E-state index in [1.54, 1.807) is 0 Å². The summed E-state index contributed by atoms with van der Waals surface area (Å²) in [5.41, 5.74) is 0. The smallest absolute Gasteiger partial charge is 0.457 e. The van der Waals surface area contributed by atoms with Crippen molar-refractivity contribution in [3.05, 3.63) is 0 Å². The fourth-order valence-electron chi connectivity index (χ4n) is 8.89. The average molecular weight is 951 g/mol. The van der Waals surface area contributed by atoms with Crippen LogP contribution in [0.3, 0.4) is 0 Å². The number of phosphoric ester groups is 1. The summed E-state index contributed by atoms with van der Waals surface area (Å²) in [5, 5.41) is 50.3. The third kappa shape index (κ3) is 35.2. The molecule has 1 saturated carbocycles. The van der Waals surface area contributed by atoms with Gasteiger partial charge >= 0.3 is 13.8 Å². The van der Waals surface area contributed by atoms with Gasteiger partial charge in [0, 0.05) is 13.0 Å². The molecule has 388 valence electrons. The second kappa shape index (κ2) is 43.4. The van der Waals surface area contributed by atoms with Gasteiger partial charge < -0.3 is 39.9 Å². The number of phosphoric acid groups is 1. The van der Waals surface area contributed by atoms with Crippen LogP contribution in [0.4, 0.5) is 0 Å². The van der Waals surface area contributed by atoms with Crippen LogP contribution in [0, 0.1) is 0 Å². The van der Waals surface area contributed by atoms with Crippen molar-refractivity contribution >= 4 is 13.8 Å². The molecule has 6 N–H and O–H groups in total. The molecule has 1 rings (SSSR count). The Morgan fingerprint density at radius 1 is 0.431 bits per heavy atom. The Hall–Kier alpha value is -0.660. The molecule has 1 fully saturated rings. The van der Waals surface area contributed by atoms with Crippen LogP contribution in [0.15, 0.2) is 0 Å². The fourth-order valence-corrected chi connectivity index (χ4v) is 9.86. The standard InChI is InChI=1S/C52H103O12P/c1-3-5-7-9-11-13-15-17-19-21-23-24-25-27-29-31-33-35-37-39-41-46(53)63-45(44-62-65(59,60)64-52-50(57)48(55)47(54)49(56)51(52)58)43-61-42-40-38-36-34-32-30-28-26-22-20-18-16-14-12-10-8-6-4-2/h45,47-52,54-58H,3-44H2,1-2H3,(H,59,60). The molecule has 0 spiro atoms. The molecule has 1 aliphatic rings. The summed E-state index contributed by atoms with van der Waals surface area (Å²) in [6.07, 6.45) is 36.0. The monoisotopic (exact) mass is 951 g/mol. The number of unbranched alkanes of at least 4 members (excludes halogenated alkanes) is 36. The molecule has 0 aromatic heterocycles. The van der Waals surface area contributed by atoms with Crippen LogP contribution in [-0.4, -0.2) is 98.9 Å². The van der Waals surface area contributed by atoms with E-state index in [0.29, 0.717) is 13.0 Å². The molecule has 65 heavy (non-hydrogen) atoms. The summed E-state index contributed by atoms with van der Waals surface area (Å²) in [6.45, 7) is 4.33. The minimum atomic E-state index is -5.02. The topological polar surface area (TPSA) is 192 Å². The molecule has 13 heteroatoms. The van der Waals surface area contributed by atoms with E-state index in [9.17, 15) is 39.8 Å². The first-order valence-corrected chi connectivity index (χ1v) is 28.9. The van der Waals surface area contributed by atoms with Crippen LogP contribution in [0.1, 0.15) is 264 Å². The van der Waals surface area contributed by atoms with Crippen molar-refractivity contribution in [3.8, 4) is 0 Å². The number of hydrogen-bond acceptors (Lipinski definition) is 11. The van der Waals surface area contributed by atoms with Crippen molar-refractivity contribution in [1.82, 2.24) is 0 Å². The lowest BCUT2D eigenvalue weighted by atomic mass is 9.85. The zero-order valence-corrected chi connectivity index (χ0v) is 42.7. The van der Waals surface area contributed by atoms with Crippen LogP contribution >= 0.6 is 7.82 Å². The molecule has 0 aliphatic heterocycles. The molecule has 0 aromatic carbocycles. The first-order valence-electron chi connectivity index (χ1n) is 27.4. The van der Waals surface area contributed by atoms with Gasteiger partial charge in [-0.25, -0.2) is 4.57 Å². The van der Waals surface area contributed by atoms with Gasteiger partial charge in [0.05, 0.1) is 13.2 Å². The van der Waals surface area contributed by atoms with Crippen LogP contribution in [0.2, 0.25) is 0 Å². The molecule has 0 aromatic rings. The van der Waals surface area contributed by atoms with Crippen LogP contribution in [-0.2, 0) is 27.9 Å². The molecule has 6 atom stereocenters. The maximum atomic E-state index is 12.9. The highest BCUT2D eigenvalue weighted by Gasteiger charge is 2.51. The maximum absolute atomic E-state index is 12.9. The Labute approximate surface area is 397 Å². The number of carbonyl (C=O) groups is 1. The van der Waals surface area contributed by atoms with E-state index < -0.39 is 63.1 Å². The van der Waals surface area contributed by atoms with Crippen molar-refractivity contribution in [3.63, 3.8) is 0 Å². The Morgan fingerprint density at radius 2 is 0.723 bits per heavy atom. The van der Waals surface area contributed by atoms with Crippen LogP contribution < -0.4 is 0 Å². The lowest BCUT2D eigenvalue weighted by Crippen LogP contribution is -2.64. The second-order valence-electron chi connectivity index (χ2n) is 19.5. The second-order valence-corrected chi connectivity index (χ2v) is 20.9. The highest BCUT2D eigenvalue weighted by Crippen LogP contribution is 2.47. The number of aliphatic hydroxyl groups is 5. The predicted molar refractivity (Wildman–Crippen MR) is 263 cm³/mol. The summed E-state index contributed by atoms with van der Waals surface area (Å²) < 4.78 is 34.4. The number of aliphatic hydroxyl groups excluding tert-OH is 5. The van der Waals surface area contributed by atoms with Gasteiger partial charge in [-0.2, -0.15) is 0 Å². The lowest BCUT2D eigenvalue weighted by Gasteiger charge is -2.41. The van der Waals surface area contributed by atoms with Crippen molar-refractivity contribution in [1.29, 1.82) is 0 Å². The van der Waals surface area contributed by atoms with Crippen LogP contribution in [0.5, 0.6) is 0 Å². The van der Waals surface area contributed by atoms with Crippen molar-refractivity contribution in [2.24, 2.45) is 0 Å². The predicted octanol–water partition coefficient (Wildman–Crippen LogP) is 12.5. The first-order chi connectivity index (χ1) is 31.5. The third-order valence-electron chi connectivity index (χ3n) is 13.2. The largest absolute Gasteiger partial charge is 0.472 e. The number of carbonyl (C=O) groups excluding carboxylic acids is 1. The van der Waals surface area contributed by atoms with Gasteiger partial charge in [-0.15, -0.1) is 0 Å². The zero-order valence-electron chi connectivity index (χ0n) is 41.8. The van der Waals surface area contributed by atoms with E-state index in [2.05, 4.69) is 13.8 Å². The highest BCUT2D eigenvalue weighted by atomic mass is 31.2. The quantitative estimate of drug-likeness (QED) is 0.0192. The minimum Gasteiger partial charge on any atom is -0.457 e. The Morgan fingerprint density at radius 3 is 1.06 bits per heavy atom. The van der Waals surface area contributed by atoms with Gasteiger partial charge in [-0.1, -0.05) is 245 Å². The Balaban J connectivity index is 2.29. The summed E-state index contributed by atoms with van der Waals surface area (Å²) in [6, 6.07) is 0. The van der Waals surface area contributed by atoms with E-state index in [0.717, 1.165) is 38.5 Å². The van der Waals surface area contributed by atoms with Crippen molar-refractivity contribution in [2.45, 2.75) is 307 Å². The molecule has 0 radical (unpaired) electrons. The molecule has 0 bridgehead atoms. The molecule has 6 unspecified atom stereocenters.